The van der Waals surface area contributed by atoms with Crippen molar-refractivity contribution in [3.05, 3.63) is 59.5 Å². The second-order valence-electron chi connectivity index (χ2n) is 7.13. The highest BCUT2D eigenvalue weighted by Gasteiger charge is 2.22. The molecular weight excluding hydrogens is 356 g/mol. The predicted octanol–water partition coefficient (Wildman–Crippen LogP) is 3.76. The van der Waals surface area contributed by atoms with Crippen LogP contribution in [0.3, 0.4) is 0 Å². The largest absolute Gasteiger partial charge is 0.462 e. The molecule has 6 heteroatoms. The minimum Gasteiger partial charge on any atom is -0.462 e. The SMILES string of the molecule is Cc1ccc(C=CC(=O)NC2CCC(NC(=O)C=Cc3ccc(C)o3)CC2)o1. The van der Waals surface area contributed by atoms with Crippen molar-refractivity contribution in [3.63, 3.8) is 0 Å². The highest BCUT2D eigenvalue weighted by Crippen LogP contribution is 2.19. The van der Waals surface area contributed by atoms with Gasteiger partial charge in [0.2, 0.25) is 11.8 Å². The van der Waals surface area contributed by atoms with E-state index in [2.05, 4.69) is 10.6 Å². The maximum Gasteiger partial charge on any atom is 0.244 e. The summed E-state index contributed by atoms with van der Waals surface area (Å²) < 4.78 is 10.8. The molecule has 3 rings (SSSR count). The summed E-state index contributed by atoms with van der Waals surface area (Å²) in [5.74, 6) is 2.70. The Morgan fingerprint density at radius 1 is 0.786 bits per heavy atom. The standard InChI is InChI=1S/C22H26N2O4/c1-15-3-9-19(27-15)11-13-21(25)23-17-5-7-18(8-6-17)24-22(26)14-12-20-10-4-16(2)28-20/h3-4,9-14,17-18H,5-8H2,1-2H3,(H,23,25)(H,24,26). The van der Waals surface area contributed by atoms with Crippen LogP contribution in [0, 0.1) is 13.8 Å². The van der Waals surface area contributed by atoms with E-state index in [4.69, 9.17) is 8.83 Å². The van der Waals surface area contributed by atoms with Crippen LogP contribution in [0.4, 0.5) is 0 Å². The van der Waals surface area contributed by atoms with Gasteiger partial charge in [-0.05, 0) is 75.9 Å². The molecule has 2 N–H and O–H groups in total. The van der Waals surface area contributed by atoms with Gasteiger partial charge in [0.25, 0.3) is 0 Å². The van der Waals surface area contributed by atoms with Crippen molar-refractivity contribution >= 4 is 24.0 Å². The zero-order chi connectivity index (χ0) is 19.9. The van der Waals surface area contributed by atoms with E-state index in [0.717, 1.165) is 37.2 Å². The molecule has 2 aromatic rings. The lowest BCUT2D eigenvalue weighted by Crippen LogP contribution is -2.43. The van der Waals surface area contributed by atoms with E-state index in [-0.39, 0.29) is 23.9 Å². The summed E-state index contributed by atoms with van der Waals surface area (Å²) in [6, 6.07) is 7.63. The second-order valence-corrected chi connectivity index (χ2v) is 7.13. The first-order valence-electron chi connectivity index (χ1n) is 9.58. The fourth-order valence-corrected chi connectivity index (χ4v) is 3.28. The molecule has 28 heavy (non-hydrogen) atoms. The average Bonchev–Trinajstić information content (AvgIpc) is 3.28. The summed E-state index contributed by atoms with van der Waals surface area (Å²) >= 11 is 0. The van der Waals surface area contributed by atoms with Crippen molar-refractivity contribution in [2.24, 2.45) is 0 Å². The topological polar surface area (TPSA) is 84.5 Å². The van der Waals surface area contributed by atoms with Crippen molar-refractivity contribution in [3.8, 4) is 0 Å². The number of furan rings is 2. The lowest BCUT2D eigenvalue weighted by Gasteiger charge is -2.29. The highest BCUT2D eigenvalue weighted by atomic mass is 16.3. The van der Waals surface area contributed by atoms with Gasteiger partial charge in [-0.25, -0.2) is 0 Å². The molecule has 0 spiro atoms. The smallest absolute Gasteiger partial charge is 0.244 e. The molecule has 2 heterocycles. The van der Waals surface area contributed by atoms with Crippen molar-refractivity contribution in [2.75, 3.05) is 0 Å². The number of aryl methyl sites for hydroxylation is 2. The van der Waals surface area contributed by atoms with Gasteiger partial charge in [-0.2, -0.15) is 0 Å². The van der Waals surface area contributed by atoms with Crippen LogP contribution in [0.25, 0.3) is 12.2 Å². The predicted molar refractivity (Wildman–Crippen MR) is 107 cm³/mol. The van der Waals surface area contributed by atoms with E-state index in [9.17, 15) is 9.59 Å². The zero-order valence-electron chi connectivity index (χ0n) is 16.2. The molecular formula is C22H26N2O4. The molecule has 6 nitrogen and oxygen atoms in total. The minimum absolute atomic E-state index is 0.127. The Kier molecular flexibility index (Phi) is 6.53. The van der Waals surface area contributed by atoms with E-state index < -0.39 is 0 Å². The van der Waals surface area contributed by atoms with Crippen LogP contribution in [0.1, 0.15) is 48.7 Å². The second kappa shape index (κ2) is 9.26. The Morgan fingerprint density at radius 3 is 1.50 bits per heavy atom. The summed E-state index contributed by atoms with van der Waals surface area (Å²) in [7, 11) is 0. The number of rotatable bonds is 6. The summed E-state index contributed by atoms with van der Waals surface area (Å²) in [6.07, 6.45) is 9.68. The van der Waals surface area contributed by atoms with Crippen molar-refractivity contribution in [1.29, 1.82) is 0 Å². The molecule has 1 fully saturated rings. The maximum absolute atomic E-state index is 12.0. The molecule has 148 valence electrons. The summed E-state index contributed by atoms with van der Waals surface area (Å²) in [6.45, 7) is 3.73. The van der Waals surface area contributed by atoms with E-state index in [0.29, 0.717) is 11.5 Å². The quantitative estimate of drug-likeness (QED) is 0.745. The molecule has 1 aliphatic carbocycles. The first kappa shape index (κ1) is 19.7. The van der Waals surface area contributed by atoms with E-state index in [1.807, 2.05) is 38.1 Å². The van der Waals surface area contributed by atoms with Crippen LogP contribution in [0.5, 0.6) is 0 Å². The first-order valence-corrected chi connectivity index (χ1v) is 9.58. The molecule has 0 unspecified atom stereocenters. The van der Waals surface area contributed by atoms with Crippen molar-refractivity contribution in [2.45, 2.75) is 51.6 Å². The van der Waals surface area contributed by atoms with Gasteiger partial charge in [0.15, 0.2) is 0 Å². The van der Waals surface area contributed by atoms with Crippen LogP contribution < -0.4 is 10.6 Å². The third-order valence-electron chi connectivity index (χ3n) is 4.74. The number of nitrogens with one attached hydrogen (secondary N) is 2. The summed E-state index contributed by atoms with van der Waals surface area (Å²) in [5.41, 5.74) is 0. The first-order chi connectivity index (χ1) is 13.5. The van der Waals surface area contributed by atoms with E-state index in [1.54, 1.807) is 12.2 Å². The molecule has 0 radical (unpaired) electrons. The number of hydrogen-bond acceptors (Lipinski definition) is 4. The Balaban J connectivity index is 1.38. The Labute approximate surface area is 164 Å². The van der Waals surface area contributed by atoms with Gasteiger partial charge in [0.05, 0.1) is 0 Å². The Morgan fingerprint density at radius 2 is 1.18 bits per heavy atom. The minimum atomic E-state index is -0.127. The maximum atomic E-state index is 12.0. The van der Waals surface area contributed by atoms with Gasteiger partial charge >= 0.3 is 0 Å². The third kappa shape index (κ3) is 6.01. The molecule has 2 amide bonds. The van der Waals surface area contributed by atoms with Crippen LogP contribution in [0.15, 0.2) is 45.3 Å². The van der Waals surface area contributed by atoms with Gasteiger partial charge in [-0.15, -0.1) is 0 Å². The molecule has 0 bridgehead atoms. The lowest BCUT2D eigenvalue weighted by molar-refractivity contribution is -0.118. The number of carbonyl (C=O) groups excluding carboxylic acids is 2. The Bertz CT molecular complexity index is 794. The molecule has 0 atom stereocenters. The van der Waals surface area contributed by atoms with Crippen molar-refractivity contribution < 1.29 is 18.4 Å². The molecule has 1 saturated carbocycles. The molecule has 0 saturated heterocycles. The monoisotopic (exact) mass is 382 g/mol. The van der Waals surface area contributed by atoms with Gasteiger partial charge in [0.1, 0.15) is 23.0 Å². The summed E-state index contributed by atoms with van der Waals surface area (Å²) in [5, 5.41) is 6.02. The van der Waals surface area contributed by atoms with Gasteiger partial charge in [-0.1, -0.05) is 0 Å². The van der Waals surface area contributed by atoms with E-state index >= 15 is 0 Å². The Hall–Kier alpha value is -3.02. The zero-order valence-corrected chi connectivity index (χ0v) is 16.2. The number of amides is 2. The van der Waals surface area contributed by atoms with Crippen LogP contribution in [-0.2, 0) is 9.59 Å². The third-order valence-corrected chi connectivity index (χ3v) is 4.74. The molecule has 0 aromatic carbocycles. The van der Waals surface area contributed by atoms with E-state index in [1.165, 1.54) is 12.2 Å². The number of hydrogen-bond donors (Lipinski definition) is 2. The fourth-order valence-electron chi connectivity index (χ4n) is 3.28. The van der Waals surface area contributed by atoms with Crippen molar-refractivity contribution in [1.82, 2.24) is 10.6 Å². The van der Waals surface area contributed by atoms with Gasteiger partial charge < -0.3 is 19.5 Å². The molecule has 2 aromatic heterocycles. The average molecular weight is 382 g/mol. The lowest BCUT2D eigenvalue weighted by atomic mass is 9.91. The fraction of sp³-hybridized carbons (Fsp3) is 0.364. The van der Waals surface area contributed by atoms with Crippen LogP contribution in [0.2, 0.25) is 0 Å². The number of carbonyl (C=O) groups is 2. The van der Waals surface area contributed by atoms with Gasteiger partial charge in [-0.3, -0.25) is 9.59 Å². The highest BCUT2D eigenvalue weighted by molar-refractivity contribution is 5.92. The van der Waals surface area contributed by atoms with Gasteiger partial charge in [0, 0.05) is 24.2 Å². The van der Waals surface area contributed by atoms with Crippen LogP contribution >= 0.6 is 0 Å². The molecule has 1 aliphatic rings. The normalized spacial score (nSPS) is 19.9. The van der Waals surface area contributed by atoms with Crippen LogP contribution in [-0.4, -0.2) is 23.9 Å². The summed E-state index contributed by atoms with van der Waals surface area (Å²) in [4.78, 5) is 24.1. The molecule has 0 aliphatic heterocycles.